The molecule has 2 aromatic carbocycles. The fourth-order valence-corrected chi connectivity index (χ4v) is 5.71. The molecule has 2 N–H and O–H groups in total. The Labute approximate surface area is 226 Å². The van der Waals surface area contributed by atoms with E-state index in [9.17, 15) is 9.59 Å². The first-order valence-corrected chi connectivity index (χ1v) is 14.1. The summed E-state index contributed by atoms with van der Waals surface area (Å²) in [5.74, 6) is 0.368. The van der Waals surface area contributed by atoms with E-state index >= 15 is 0 Å². The van der Waals surface area contributed by atoms with E-state index in [2.05, 4.69) is 16.9 Å². The average molecular weight is 554 g/mol. The van der Waals surface area contributed by atoms with Crippen molar-refractivity contribution in [2.75, 3.05) is 24.4 Å². The van der Waals surface area contributed by atoms with Crippen LogP contribution in [0.4, 0.5) is 5.69 Å². The van der Waals surface area contributed by atoms with Gasteiger partial charge in [0.05, 0.1) is 27.7 Å². The predicted molar refractivity (Wildman–Crippen MR) is 150 cm³/mol. The van der Waals surface area contributed by atoms with Gasteiger partial charge in [0.2, 0.25) is 0 Å². The summed E-state index contributed by atoms with van der Waals surface area (Å²) >= 11 is 19.9. The number of hydrogen-bond donors (Lipinski definition) is 2. The molecule has 1 aliphatic rings. The van der Waals surface area contributed by atoms with Gasteiger partial charge in [-0.05, 0) is 67.5 Å². The Hall–Kier alpha value is -1.80. The van der Waals surface area contributed by atoms with Crippen molar-refractivity contribution in [3.05, 3.63) is 63.6 Å². The van der Waals surface area contributed by atoms with Crippen LogP contribution >= 0.6 is 47.2 Å². The van der Waals surface area contributed by atoms with Crippen LogP contribution in [0.2, 0.25) is 10.0 Å². The summed E-state index contributed by atoms with van der Waals surface area (Å²) in [5.41, 5.74) is 1.72. The normalized spacial score (nSPS) is 15.0. The third kappa shape index (κ3) is 7.13. The van der Waals surface area contributed by atoms with Crippen molar-refractivity contribution in [3.63, 3.8) is 0 Å². The van der Waals surface area contributed by atoms with Crippen molar-refractivity contribution < 1.29 is 14.3 Å². The van der Waals surface area contributed by atoms with Gasteiger partial charge in [0, 0.05) is 17.5 Å². The highest BCUT2D eigenvalue weighted by atomic mass is 35.5. The molecule has 188 valence electrons. The number of thioether (sulfide) groups is 1. The van der Waals surface area contributed by atoms with Gasteiger partial charge in [0.15, 0.2) is 0 Å². The van der Waals surface area contributed by atoms with Crippen LogP contribution in [0.15, 0.2) is 42.5 Å². The molecule has 9 heteroatoms. The van der Waals surface area contributed by atoms with Crippen LogP contribution in [0.5, 0.6) is 0 Å². The SMILES string of the molecule is COC(=O)[C@@H](Cc1ccc(NC(=O)c2c(Cl)cccc2Cl)cc1)NC(=S)C1(CCCSC)CCC1. The molecule has 35 heavy (non-hydrogen) atoms. The first-order chi connectivity index (χ1) is 16.8. The Morgan fingerprint density at radius 1 is 1.14 bits per heavy atom. The second-order valence-electron chi connectivity index (χ2n) is 8.73. The lowest BCUT2D eigenvalue weighted by Crippen LogP contribution is -2.51. The lowest BCUT2D eigenvalue weighted by molar-refractivity contribution is -0.142. The zero-order chi connectivity index (χ0) is 25.4. The third-order valence-electron chi connectivity index (χ3n) is 6.43. The molecule has 0 heterocycles. The molecular weight excluding hydrogens is 523 g/mol. The minimum absolute atomic E-state index is 0.00847. The van der Waals surface area contributed by atoms with E-state index in [1.54, 1.807) is 30.3 Å². The molecule has 0 unspecified atom stereocenters. The highest BCUT2D eigenvalue weighted by molar-refractivity contribution is 7.98. The lowest BCUT2D eigenvalue weighted by Gasteiger charge is -2.43. The monoisotopic (exact) mass is 552 g/mol. The summed E-state index contributed by atoms with van der Waals surface area (Å²) in [7, 11) is 1.39. The number of benzene rings is 2. The van der Waals surface area contributed by atoms with Crippen LogP contribution in [0.3, 0.4) is 0 Å². The molecule has 1 aliphatic carbocycles. The zero-order valence-corrected chi connectivity index (χ0v) is 23.0. The topological polar surface area (TPSA) is 67.4 Å². The summed E-state index contributed by atoms with van der Waals surface area (Å²) in [5, 5.41) is 6.70. The number of rotatable bonds is 11. The minimum atomic E-state index is -0.576. The van der Waals surface area contributed by atoms with Gasteiger partial charge in [-0.25, -0.2) is 4.79 Å². The van der Waals surface area contributed by atoms with Crippen molar-refractivity contribution in [1.82, 2.24) is 5.32 Å². The standard InChI is InChI=1S/C26H30Cl2N2O3S2/c1-33-24(32)21(30-25(34)26(12-4-13-26)14-5-15-35-2)16-17-8-10-18(11-9-17)29-23(31)22-19(27)6-3-7-20(22)28/h3,6-11,21H,4-5,12-16H2,1-2H3,(H,29,31)(H,30,34)/t21-/m1/s1. The van der Waals surface area contributed by atoms with Crippen LogP contribution in [0.25, 0.3) is 0 Å². The summed E-state index contributed by atoms with van der Waals surface area (Å²) in [6.07, 6.45) is 7.96. The molecule has 1 fully saturated rings. The maximum atomic E-state index is 12.6. The number of carbonyl (C=O) groups excluding carboxylic acids is 2. The number of methoxy groups -OCH3 is 1. The molecule has 2 aromatic rings. The quantitative estimate of drug-likeness (QED) is 0.187. The largest absolute Gasteiger partial charge is 0.467 e. The van der Waals surface area contributed by atoms with Crippen molar-refractivity contribution in [1.29, 1.82) is 0 Å². The molecule has 0 aliphatic heterocycles. The maximum absolute atomic E-state index is 12.6. The predicted octanol–water partition coefficient (Wildman–Crippen LogP) is 6.56. The molecule has 3 rings (SSSR count). The molecule has 0 spiro atoms. The Balaban J connectivity index is 1.65. The van der Waals surface area contributed by atoms with Gasteiger partial charge in [-0.3, -0.25) is 4.79 Å². The Morgan fingerprint density at radius 3 is 2.34 bits per heavy atom. The average Bonchev–Trinajstić information content (AvgIpc) is 2.80. The number of thiocarbonyl (C=S) groups is 1. The molecule has 5 nitrogen and oxygen atoms in total. The number of anilines is 1. The second-order valence-corrected chi connectivity index (χ2v) is 10.9. The van der Waals surface area contributed by atoms with Gasteiger partial charge in [0.25, 0.3) is 5.91 Å². The van der Waals surface area contributed by atoms with E-state index in [-0.39, 0.29) is 32.9 Å². The third-order valence-corrected chi connectivity index (χ3v) is 8.31. The van der Waals surface area contributed by atoms with Gasteiger partial charge in [-0.2, -0.15) is 11.8 Å². The Bertz CT molecular complexity index is 1040. The molecule has 1 atom stereocenters. The molecule has 0 radical (unpaired) electrons. The van der Waals surface area contributed by atoms with Gasteiger partial charge in [-0.15, -0.1) is 0 Å². The highest BCUT2D eigenvalue weighted by Crippen LogP contribution is 2.46. The van der Waals surface area contributed by atoms with Gasteiger partial charge in [-0.1, -0.05) is 60.0 Å². The van der Waals surface area contributed by atoms with Crippen molar-refractivity contribution >= 4 is 69.7 Å². The van der Waals surface area contributed by atoms with Crippen LogP contribution in [0, 0.1) is 5.41 Å². The first-order valence-electron chi connectivity index (χ1n) is 11.5. The number of halogens is 2. The van der Waals surface area contributed by atoms with Gasteiger partial charge in [0.1, 0.15) is 6.04 Å². The van der Waals surface area contributed by atoms with E-state index in [0.29, 0.717) is 12.1 Å². The number of ether oxygens (including phenoxy) is 1. The van der Waals surface area contributed by atoms with Crippen LogP contribution in [0.1, 0.15) is 48.0 Å². The summed E-state index contributed by atoms with van der Waals surface area (Å²) in [6, 6.07) is 11.6. The van der Waals surface area contributed by atoms with E-state index < -0.39 is 6.04 Å². The zero-order valence-electron chi connectivity index (χ0n) is 19.9. The maximum Gasteiger partial charge on any atom is 0.328 e. The fraction of sp³-hybridized carbons (Fsp3) is 0.423. The molecule has 0 aromatic heterocycles. The second kappa shape index (κ2) is 12.9. The van der Waals surface area contributed by atoms with E-state index in [0.717, 1.165) is 48.4 Å². The van der Waals surface area contributed by atoms with Crippen LogP contribution in [-0.2, 0) is 16.0 Å². The smallest absolute Gasteiger partial charge is 0.328 e. The molecule has 1 saturated carbocycles. The molecule has 0 bridgehead atoms. The van der Waals surface area contributed by atoms with Crippen molar-refractivity contribution in [3.8, 4) is 0 Å². The van der Waals surface area contributed by atoms with E-state index in [1.807, 2.05) is 23.9 Å². The summed E-state index contributed by atoms with van der Waals surface area (Å²) in [4.78, 5) is 25.9. The summed E-state index contributed by atoms with van der Waals surface area (Å²) < 4.78 is 5.05. The number of amides is 1. The molecular formula is C26H30Cl2N2O3S2. The van der Waals surface area contributed by atoms with Gasteiger partial charge >= 0.3 is 5.97 Å². The van der Waals surface area contributed by atoms with E-state index in [1.165, 1.54) is 7.11 Å². The number of carbonyl (C=O) groups is 2. The van der Waals surface area contributed by atoms with Crippen molar-refractivity contribution in [2.45, 2.75) is 44.6 Å². The minimum Gasteiger partial charge on any atom is -0.467 e. The number of nitrogens with one attached hydrogen (secondary N) is 2. The Morgan fingerprint density at radius 2 is 1.80 bits per heavy atom. The number of hydrogen-bond acceptors (Lipinski definition) is 5. The van der Waals surface area contributed by atoms with E-state index in [4.69, 9.17) is 40.2 Å². The van der Waals surface area contributed by atoms with Gasteiger partial charge < -0.3 is 15.4 Å². The first kappa shape index (κ1) is 27.8. The lowest BCUT2D eigenvalue weighted by atomic mass is 9.66. The van der Waals surface area contributed by atoms with Crippen LogP contribution in [-0.4, -0.2) is 42.0 Å². The Kier molecular flexibility index (Phi) is 10.3. The molecule has 0 saturated heterocycles. The fourth-order valence-electron chi connectivity index (χ4n) is 4.26. The highest BCUT2D eigenvalue weighted by Gasteiger charge is 2.41. The number of esters is 1. The molecule has 1 amide bonds. The van der Waals surface area contributed by atoms with Crippen LogP contribution < -0.4 is 10.6 Å². The van der Waals surface area contributed by atoms with Crippen molar-refractivity contribution in [2.24, 2.45) is 5.41 Å². The summed E-state index contributed by atoms with van der Waals surface area (Å²) in [6.45, 7) is 0.